The number of hydrogen-bond acceptors (Lipinski definition) is 9. The number of nitrogens with one attached hydrogen (secondary N) is 2. The van der Waals surface area contributed by atoms with E-state index in [1.807, 2.05) is 44.2 Å². The number of hydrogen-bond donors (Lipinski definition) is 3. The third kappa shape index (κ3) is 6.83. The van der Waals surface area contributed by atoms with Crippen LogP contribution in [0.1, 0.15) is 156 Å². The van der Waals surface area contributed by atoms with Gasteiger partial charge in [-0.3, -0.25) is 24.0 Å². The number of esters is 1. The van der Waals surface area contributed by atoms with Crippen molar-refractivity contribution in [3.8, 4) is 11.3 Å². The summed E-state index contributed by atoms with van der Waals surface area (Å²) in [4.78, 5) is 82.1. The lowest BCUT2D eigenvalue weighted by Crippen LogP contribution is -2.70. The number of allylic oxidation sites excluding steroid dienone is 1. The first-order chi connectivity index (χ1) is 31.4. The van der Waals surface area contributed by atoms with Gasteiger partial charge < -0.3 is 25.2 Å². The number of carboxylic acids is 1. The number of fused-ring (bicyclic) bond motifs is 7. The van der Waals surface area contributed by atoms with Crippen LogP contribution in [-0.2, 0) is 28.7 Å². The maximum absolute atomic E-state index is 15.0. The van der Waals surface area contributed by atoms with Crippen LogP contribution >= 0.6 is 0 Å². The summed E-state index contributed by atoms with van der Waals surface area (Å²) in [6.07, 6.45) is 8.07. The third-order valence-electron chi connectivity index (χ3n) is 20.2. The van der Waals surface area contributed by atoms with Gasteiger partial charge in [-0.05, 0) is 140 Å². The summed E-state index contributed by atoms with van der Waals surface area (Å²) in [5.41, 5.74) is -0.195. The summed E-state index contributed by atoms with van der Waals surface area (Å²) in [6, 6.07) is 10.8. The van der Waals surface area contributed by atoms with E-state index in [1.54, 1.807) is 6.07 Å². The van der Waals surface area contributed by atoms with Crippen molar-refractivity contribution >= 4 is 35.6 Å². The average molecular weight is 921 g/mol. The Morgan fingerprint density at radius 1 is 0.806 bits per heavy atom. The van der Waals surface area contributed by atoms with E-state index < -0.39 is 46.3 Å². The van der Waals surface area contributed by atoms with Crippen molar-refractivity contribution in [2.75, 3.05) is 7.11 Å². The molecule has 13 heteroatoms. The van der Waals surface area contributed by atoms with Gasteiger partial charge in [0.25, 0.3) is 5.91 Å². The van der Waals surface area contributed by atoms with E-state index in [1.165, 1.54) is 7.11 Å². The molecule has 362 valence electrons. The number of amides is 2. The lowest BCUT2D eigenvalue weighted by Gasteiger charge is -2.72. The van der Waals surface area contributed by atoms with Crippen molar-refractivity contribution < 1.29 is 43.3 Å². The molecule has 0 unspecified atom stereocenters. The van der Waals surface area contributed by atoms with E-state index in [0.717, 1.165) is 72.8 Å². The Bertz CT molecular complexity index is 2450. The SMILES string of the molecule is COC(=O)n1nc(-c2ccccc2)cc1C(=O)NC1(C(=O)N[C@@]23CC[C@]4(C)[C@H](CC[C@@H]5[C@@]6(C)CC[C@H](OC(=O)[C@H]7C[C@@H](C(=O)O)C7(C)C)C(C)(C)[C@@H]6CC[C@]54C)C2=C(C(C)C)C(=O)C3)CCC1. The van der Waals surface area contributed by atoms with Crippen molar-refractivity contribution in [3.63, 3.8) is 0 Å². The highest BCUT2D eigenvalue weighted by atomic mass is 16.5. The maximum Gasteiger partial charge on any atom is 0.435 e. The molecule has 7 aliphatic carbocycles. The van der Waals surface area contributed by atoms with E-state index in [0.29, 0.717) is 43.2 Å². The number of ketones is 1. The van der Waals surface area contributed by atoms with Crippen LogP contribution in [0.25, 0.3) is 11.3 Å². The van der Waals surface area contributed by atoms with E-state index >= 15 is 0 Å². The number of carbonyl (C=O) groups is 6. The molecule has 1 aromatic heterocycles. The van der Waals surface area contributed by atoms with Gasteiger partial charge in [-0.1, -0.05) is 92.6 Å². The molecular formula is C54H72N4O9. The van der Waals surface area contributed by atoms with Gasteiger partial charge in [0.1, 0.15) is 17.3 Å². The fourth-order valence-corrected chi connectivity index (χ4v) is 16.0. The highest BCUT2D eigenvalue weighted by molar-refractivity contribution is 6.04. The molecule has 2 aromatic rings. The molecule has 3 N–H and O–H groups in total. The second kappa shape index (κ2) is 15.9. The van der Waals surface area contributed by atoms with E-state index in [2.05, 4.69) is 64.2 Å². The van der Waals surface area contributed by atoms with Gasteiger partial charge in [0.05, 0.1) is 30.2 Å². The third-order valence-corrected chi connectivity index (χ3v) is 20.2. The number of aliphatic carboxylic acids is 1. The van der Waals surface area contributed by atoms with E-state index in [9.17, 15) is 33.9 Å². The summed E-state index contributed by atoms with van der Waals surface area (Å²) in [7, 11) is 1.23. The fraction of sp³-hybridized carbons (Fsp3) is 0.685. The van der Waals surface area contributed by atoms with Crippen molar-refractivity contribution in [1.29, 1.82) is 0 Å². The van der Waals surface area contributed by atoms with Crippen LogP contribution in [0.2, 0.25) is 0 Å². The van der Waals surface area contributed by atoms with Crippen molar-refractivity contribution in [3.05, 3.63) is 53.2 Å². The molecule has 0 spiro atoms. The highest BCUT2D eigenvalue weighted by Gasteiger charge is 2.71. The Morgan fingerprint density at radius 2 is 1.51 bits per heavy atom. The summed E-state index contributed by atoms with van der Waals surface area (Å²) in [5, 5.41) is 20.7. The zero-order valence-electron chi connectivity index (χ0n) is 41.3. The zero-order chi connectivity index (χ0) is 48.4. The Kier molecular flexibility index (Phi) is 11.2. The van der Waals surface area contributed by atoms with Crippen molar-refractivity contribution in [2.45, 2.75) is 163 Å². The van der Waals surface area contributed by atoms with Crippen LogP contribution in [0.5, 0.6) is 0 Å². The monoisotopic (exact) mass is 921 g/mol. The molecule has 13 nitrogen and oxygen atoms in total. The summed E-state index contributed by atoms with van der Waals surface area (Å²) in [6.45, 7) is 20.0. The topological polar surface area (TPSA) is 183 Å². The standard InChI is InChI=1S/C54H72N4O9/c1-30(2)41-37(59)29-54(56-46(64)53(21-14-22-53)55-43(60)36-28-35(31-15-12-11-13-16-31)57-58(36)47(65)66-10)26-25-51(8)32(42(41)54)17-18-39-50(7)23-20-40(49(5,6)38(50)19-24-52(39,51)9)67-45(63)34-27-33(44(61)62)48(34,3)4/h11-13,15-16,28,30,32-34,38-40H,14,17-27,29H2,1-10H3,(H,55,60)(H,56,64)(H,61,62)/t32-,33+,34-,38+,39-,40+,50+,51-,52-,54-/m1/s1. The van der Waals surface area contributed by atoms with Gasteiger partial charge in [-0.2, -0.15) is 9.78 Å². The molecule has 10 atom stereocenters. The molecule has 1 heterocycles. The summed E-state index contributed by atoms with van der Waals surface area (Å²) >= 11 is 0. The number of aromatic nitrogens is 2. The Labute approximate surface area is 395 Å². The second-order valence-corrected chi connectivity index (χ2v) is 24.1. The average Bonchev–Trinajstić information content (AvgIpc) is 3.82. The number of rotatable bonds is 9. The minimum atomic E-state index is -1.23. The van der Waals surface area contributed by atoms with Crippen LogP contribution in [0.15, 0.2) is 47.5 Å². The van der Waals surface area contributed by atoms with Crippen molar-refractivity contribution in [1.82, 2.24) is 20.4 Å². The number of benzene rings is 1. The normalized spacial score (nSPS) is 36.5. The first kappa shape index (κ1) is 47.3. The van der Waals surface area contributed by atoms with Crippen LogP contribution < -0.4 is 10.6 Å². The molecule has 0 radical (unpaired) electrons. The number of methoxy groups -OCH3 is 1. The molecule has 2 amide bonds. The van der Waals surface area contributed by atoms with Gasteiger partial charge in [0.2, 0.25) is 5.91 Å². The molecular weight excluding hydrogens is 849 g/mol. The smallest absolute Gasteiger partial charge is 0.435 e. The molecule has 0 aliphatic heterocycles. The predicted octanol–water partition coefficient (Wildman–Crippen LogP) is 9.33. The minimum absolute atomic E-state index is 0.0129. The molecule has 0 bridgehead atoms. The zero-order valence-corrected chi connectivity index (χ0v) is 41.3. The van der Waals surface area contributed by atoms with Crippen LogP contribution in [0.4, 0.5) is 4.79 Å². The predicted molar refractivity (Wildman–Crippen MR) is 250 cm³/mol. The molecule has 6 saturated carbocycles. The van der Waals surface area contributed by atoms with Gasteiger partial charge >= 0.3 is 18.0 Å². The Hall–Kier alpha value is -4.81. The lowest BCUT2D eigenvalue weighted by molar-refractivity contribution is -0.235. The molecule has 7 aliphatic rings. The molecule has 6 fully saturated rings. The summed E-state index contributed by atoms with van der Waals surface area (Å²) < 4.78 is 12.4. The largest absolute Gasteiger partial charge is 0.481 e. The van der Waals surface area contributed by atoms with Gasteiger partial charge in [0, 0.05) is 17.4 Å². The Balaban J connectivity index is 0.967. The van der Waals surface area contributed by atoms with E-state index in [-0.39, 0.29) is 69.4 Å². The van der Waals surface area contributed by atoms with Gasteiger partial charge in [0.15, 0.2) is 5.78 Å². The number of carboxylic acid groups (broad SMARTS) is 1. The second-order valence-electron chi connectivity index (χ2n) is 24.1. The highest BCUT2D eigenvalue weighted by Crippen LogP contribution is 2.76. The number of ether oxygens (including phenoxy) is 2. The first-order valence-corrected chi connectivity index (χ1v) is 25.0. The number of carbonyl (C=O) groups excluding carboxylic acids is 5. The molecule has 9 rings (SSSR count). The maximum atomic E-state index is 15.0. The van der Waals surface area contributed by atoms with E-state index in [4.69, 9.17) is 9.47 Å². The lowest BCUT2D eigenvalue weighted by atomic mass is 9.33. The Morgan fingerprint density at radius 3 is 2.12 bits per heavy atom. The van der Waals surface area contributed by atoms with Crippen LogP contribution in [0, 0.1) is 62.6 Å². The van der Waals surface area contributed by atoms with Crippen molar-refractivity contribution in [2.24, 2.45) is 62.6 Å². The fourth-order valence-electron chi connectivity index (χ4n) is 16.0. The molecule has 1 aromatic carbocycles. The van der Waals surface area contributed by atoms with Crippen LogP contribution in [-0.4, -0.2) is 74.8 Å². The van der Waals surface area contributed by atoms with Gasteiger partial charge in [-0.25, -0.2) is 4.79 Å². The summed E-state index contributed by atoms with van der Waals surface area (Å²) in [5.74, 6) is -2.13. The molecule has 67 heavy (non-hydrogen) atoms. The van der Waals surface area contributed by atoms with Gasteiger partial charge in [-0.15, -0.1) is 0 Å². The molecule has 0 saturated heterocycles. The number of nitrogens with zero attached hydrogens (tertiary/aromatic N) is 2. The quantitative estimate of drug-likeness (QED) is 0.205. The minimum Gasteiger partial charge on any atom is -0.481 e. The number of Topliss-reactive ketones (excluding diaryl/α,β-unsaturated/α-hetero) is 1. The first-order valence-electron chi connectivity index (χ1n) is 25.0. The van der Waals surface area contributed by atoms with Crippen LogP contribution in [0.3, 0.4) is 0 Å².